The molecule has 0 saturated carbocycles. The summed E-state index contributed by atoms with van der Waals surface area (Å²) in [6, 6.07) is 3.52. The second-order valence-electron chi connectivity index (χ2n) is 3.09. The fraction of sp³-hybridized carbons (Fsp3) is 0.100. The van der Waals surface area contributed by atoms with Crippen molar-refractivity contribution < 1.29 is 13.2 Å². The normalized spacial score (nSPS) is 11.2. The Hall–Kier alpha value is -1.78. The Labute approximate surface area is 83.5 Å². The molecule has 0 fully saturated rings. The van der Waals surface area contributed by atoms with Gasteiger partial charge >= 0.3 is 0 Å². The van der Waals surface area contributed by atoms with Crippen LogP contribution in [0.4, 0.5) is 18.9 Å². The van der Waals surface area contributed by atoms with Crippen LogP contribution in [0.1, 0.15) is 12.0 Å². The molecule has 0 aliphatic rings. The van der Waals surface area contributed by atoms with Gasteiger partial charge in [0.1, 0.15) is 5.82 Å². The standard InChI is InChI=1S/C10H7F3N2/c11-5-1-2-8-6(3-5)9(10(12)13)7(14)4-15-8/h1-4,10H,14H2. The summed E-state index contributed by atoms with van der Waals surface area (Å²) in [6.07, 6.45) is -1.58. The molecule has 5 heteroatoms. The first-order chi connectivity index (χ1) is 7.09. The summed E-state index contributed by atoms with van der Waals surface area (Å²) < 4.78 is 38.2. The molecule has 0 bridgehead atoms. The maximum Gasteiger partial charge on any atom is 0.266 e. The number of nitrogen functional groups attached to an aromatic ring is 1. The van der Waals surface area contributed by atoms with Crippen LogP contribution >= 0.6 is 0 Å². The molecule has 15 heavy (non-hydrogen) atoms. The minimum atomic E-state index is -2.74. The largest absolute Gasteiger partial charge is 0.397 e. The van der Waals surface area contributed by atoms with Gasteiger partial charge in [-0.05, 0) is 18.2 Å². The van der Waals surface area contributed by atoms with E-state index in [-0.39, 0.29) is 16.6 Å². The van der Waals surface area contributed by atoms with Crippen LogP contribution in [0.5, 0.6) is 0 Å². The average Bonchev–Trinajstić information content (AvgIpc) is 2.16. The van der Waals surface area contributed by atoms with Crippen molar-refractivity contribution in [1.82, 2.24) is 4.98 Å². The molecule has 0 radical (unpaired) electrons. The molecule has 1 aromatic carbocycles. The second kappa shape index (κ2) is 3.42. The first-order valence-electron chi connectivity index (χ1n) is 4.21. The number of nitrogens with zero attached hydrogens (tertiary/aromatic N) is 1. The number of nitrogens with two attached hydrogens (primary N) is 1. The van der Waals surface area contributed by atoms with Gasteiger partial charge in [-0.3, -0.25) is 4.98 Å². The molecule has 0 spiro atoms. The number of benzene rings is 1. The monoisotopic (exact) mass is 212 g/mol. The van der Waals surface area contributed by atoms with E-state index in [1.54, 1.807) is 0 Å². The highest BCUT2D eigenvalue weighted by atomic mass is 19.3. The van der Waals surface area contributed by atoms with Crippen molar-refractivity contribution in [3.8, 4) is 0 Å². The van der Waals surface area contributed by atoms with Crippen LogP contribution < -0.4 is 5.73 Å². The first-order valence-corrected chi connectivity index (χ1v) is 4.21. The average molecular weight is 212 g/mol. The van der Waals surface area contributed by atoms with E-state index in [4.69, 9.17) is 5.73 Å². The third kappa shape index (κ3) is 1.60. The second-order valence-corrected chi connectivity index (χ2v) is 3.09. The lowest BCUT2D eigenvalue weighted by molar-refractivity contribution is 0.154. The number of alkyl halides is 2. The topological polar surface area (TPSA) is 38.9 Å². The Morgan fingerprint density at radius 2 is 2.00 bits per heavy atom. The molecular weight excluding hydrogens is 205 g/mol. The van der Waals surface area contributed by atoms with Crippen LogP contribution in [0.15, 0.2) is 24.4 Å². The minimum Gasteiger partial charge on any atom is -0.397 e. The summed E-state index contributed by atoms with van der Waals surface area (Å²) in [7, 11) is 0. The Morgan fingerprint density at radius 3 is 2.67 bits per heavy atom. The molecule has 0 atom stereocenters. The van der Waals surface area contributed by atoms with Crippen molar-refractivity contribution in [2.45, 2.75) is 6.43 Å². The van der Waals surface area contributed by atoms with Gasteiger partial charge < -0.3 is 5.73 Å². The summed E-state index contributed by atoms with van der Waals surface area (Å²) in [5.74, 6) is -0.586. The van der Waals surface area contributed by atoms with Crippen LogP contribution in [-0.2, 0) is 0 Å². The number of hydrogen-bond acceptors (Lipinski definition) is 2. The quantitative estimate of drug-likeness (QED) is 0.789. The molecule has 0 aliphatic carbocycles. The predicted molar refractivity (Wildman–Crippen MR) is 51.1 cm³/mol. The number of rotatable bonds is 1. The molecule has 78 valence electrons. The molecule has 0 unspecified atom stereocenters. The van der Waals surface area contributed by atoms with Gasteiger partial charge in [0.15, 0.2) is 0 Å². The Bertz CT molecular complexity index is 506. The summed E-state index contributed by atoms with van der Waals surface area (Å²) in [6.45, 7) is 0. The fourth-order valence-corrected chi connectivity index (χ4v) is 1.44. The van der Waals surface area contributed by atoms with E-state index in [2.05, 4.69) is 4.98 Å². The van der Waals surface area contributed by atoms with Crippen molar-refractivity contribution in [3.63, 3.8) is 0 Å². The number of aromatic nitrogens is 1. The molecular formula is C10H7F3N2. The lowest BCUT2D eigenvalue weighted by Crippen LogP contribution is -1.98. The number of halogens is 3. The van der Waals surface area contributed by atoms with Crippen LogP contribution in [0.3, 0.4) is 0 Å². The number of hydrogen-bond donors (Lipinski definition) is 1. The van der Waals surface area contributed by atoms with E-state index in [9.17, 15) is 13.2 Å². The van der Waals surface area contributed by atoms with Crippen molar-refractivity contribution in [2.75, 3.05) is 5.73 Å². The highest BCUT2D eigenvalue weighted by Crippen LogP contribution is 2.31. The molecule has 1 heterocycles. The third-order valence-electron chi connectivity index (χ3n) is 2.12. The van der Waals surface area contributed by atoms with Crippen molar-refractivity contribution in [2.24, 2.45) is 0 Å². The zero-order valence-electron chi connectivity index (χ0n) is 7.55. The Balaban J connectivity index is 2.84. The van der Waals surface area contributed by atoms with Gasteiger partial charge in [0.2, 0.25) is 0 Å². The summed E-state index contributed by atoms with van der Waals surface area (Å²) in [5, 5.41) is 0.0602. The highest BCUT2D eigenvalue weighted by molar-refractivity contribution is 5.86. The summed E-state index contributed by atoms with van der Waals surface area (Å²) in [5.41, 5.74) is 5.20. The zero-order chi connectivity index (χ0) is 11.0. The maximum absolute atomic E-state index is 12.9. The van der Waals surface area contributed by atoms with Crippen LogP contribution in [0, 0.1) is 5.82 Å². The van der Waals surface area contributed by atoms with E-state index in [0.717, 1.165) is 12.3 Å². The Morgan fingerprint density at radius 1 is 1.27 bits per heavy atom. The molecule has 2 aromatic rings. The third-order valence-corrected chi connectivity index (χ3v) is 2.12. The SMILES string of the molecule is Nc1cnc2ccc(F)cc2c1C(F)F. The van der Waals surface area contributed by atoms with Gasteiger partial charge in [0.25, 0.3) is 6.43 Å². The van der Waals surface area contributed by atoms with Gasteiger partial charge in [-0.2, -0.15) is 0 Å². The maximum atomic E-state index is 12.9. The summed E-state index contributed by atoms with van der Waals surface area (Å²) in [4.78, 5) is 3.84. The smallest absolute Gasteiger partial charge is 0.266 e. The van der Waals surface area contributed by atoms with E-state index in [1.807, 2.05) is 0 Å². The van der Waals surface area contributed by atoms with E-state index in [1.165, 1.54) is 12.1 Å². The van der Waals surface area contributed by atoms with E-state index >= 15 is 0 Å². The van der Waals surface area contributed by atoms with Gasteiger partial charge in [-0.15, -0.1) is 0 Å². The first kappa shape index (κ1) is 9.76. The molecule has 0 amide bonds. The number of fused-ring (bicyclic) bond motifs is 1. The minimum absolute atomic E-state index is 0.0602. The van der Waals surface area contributed by atoms with Crippen LogP contribution in [-0.4, -0.2) is 4.98 Å². The molecule has 1 aromatic heterocycles. The van der Waals surface area contributed by atoms with Crippen molar-refractivity contribution in [3.05, 3.63) is 35.8 Å². The molecule has 0 aliphatic heterocycles. The van der Waals surface area contributed by atoms with Crippen LogP contribution in [0.25, 0.3) is 10.9 Å². The van der Waals surface area contributed by atoms with Gasteiger partial charge in [-0.1, -0.05) is 0 Å². The zero-order valence-corrected chi connectivity index (χ0v) is 7.55. The molecule has 2 nitrogen and oxygen atoms in total. The fourth-order valence-electron chi connectivity index (χ4n) is 1.44. The predicted octanol–water partition coefficient (Wildman–Crippen LogP) is 2.89. The van der Waals surface area contributed by atoms with Gasteiger partial charge in [0.05, 0.1) is 23.0 Å². The lowest BCUT2D eigenvalue weighted by atomic mass is 10.1. The lowest BCUT2D eigenvalue weighted by Gasteiger charge is -2.08. The van der Waals surface area contributed by atoms with Crippen molar-refractivity contribution >= 4 is 16.6 Å². The van der Waals surface area contributed by atoms with Crippen LogP contribution in [0.2, 0.25) is 0 Å². The van der Waals surface area contributed by atoms with Crippen molar-refractivity contribution in [1.29, 1.82) is 0 Å². The Kier molecular flexibility index (Phi) is 2.22. The van der Waals surface area contributed by atoms with Gasteiger partial charge in [0, 0.05) is 5.39 Å². The van der Waals surface area contributed by atoms with E-state index < -0.39 is 12.2 Å². The van der Waals surface area contributed by atoms with E-state index in [0.29, 0.717) is 5.52 Å². The molecule has 0 saturated heterocycles. The highest BCUT2D eigenvalue weighted by Gasteiger charge is 2.16. The number of pyridine rings is 1. The summed E-state index contributed by atoms with van der Waals surface area (Å²) >= 11 is 0. The number of anilines is 1. The van der Waals surface area contributed by atoms with Gasteiger partial charge in [-0.25, -0.2) is 13.2 Å². The molecule has 2 rings (SSSR count). The molecule has 2 N–H and O–H groups in total.